The van der Waals surface area contributed by atoms with Crippen molar-refractivity contribution in [3.8, 4) is 0 Å². The number of hydrogen-bond acceptors (Lipinski definition) is 4. The first kappa shape index (κ1) is 14.7. The predicted octanol–water partition coefficient (Wildman–Crippen LogP) is 1.59. The topological polar surface area (TPSA) is 84.3 Å². The van der Waals surface area contributed by atoms with Crippen molar-refractivity contribution in [3.63, 3.8) is 0 Å². The van der Waals surface area contributed by atoms with Gasteiger partial charge < -0.3 is 10.6 Å². The number of nitro benzene ring substituents is 1. The van der Waals surface area contributed by atoms with Gasteiger partial charge in [0, 0.05) is 18.7 Å². The number of benzene rings is 1. The maximum absolute atomic E-state index is 13.3. The number of halogens is 2. The Bertz CT molecular complexity index is 520. The van der Waals surface area contributed by atoms with Crippen LogP contribution in [0.2, 0.25) is 0 Å². The van der Waals surface area contributed by atoms with Gasteiger partial charge in [0.05, 0.1) is 17.2 Å². The van der Waals surface area contributed by atoms with Gasteiger partial charge in [0.15, 0.2) is 0 Å². The van der Waals surface area contributed by atoms with E-state index in [2.05, 4.69) is 17.2 Å². The lowest BCUT2D eigenvalue weighted by atomic mass is 10.2. The second kappa shape index (κ2) is 6.55. The maximum Gasteiger partial charge on any atom is 0.307 e. The lowest BCUT2D eigenvalue weighted by Gasteiger charge is -2.07. The minimum atomic E-state index is -1.30. The van der Waals surface area contributed by atoms with Gasteiger partial charge in [-0.15, -0.1) is 6.58 Å². The SMILES string of the molecule is C=CCNCC(=O)Nc1cc([N+](=O)[O-])c(F)cc1F. The number of hydrogen-bond donors (Lipinski definition) is 2. The molecule has 0 aromatic heterocycles. The van der Waals surface area contributed by atoms with Crippen LogP contribution in [0.3, 0.4) is 0 Å². The summed E-state index contributed by atoms with van der Waals surface area (Å²) in [6.07, 6.45) is 1.52. The van der Waals surface area contributed by atoms with Crippen LogP contribution in [0.1, 0.15) is 0 Å². The number of carbonyl (C=O) groups is 1. The number of anilines is 1. The Balaban J connectivity index is 2.83. The summed E-state index contributed by atoms with van der Waals surface area (Å²) in [6.45, 7) is 3.67. The van der Waals surface area contributed by atoms with Gasteiger partial charge in [-0.2, -0.15) is 4.39 Å². The molecule has 1 aromatic carbocycles. The van der Waals surface area contributed by atoms with Crippen LogP contribution in [0.25, 0.3) is 0 Å². The summed E-state index contributed by atoms with van der Waals surface area (Å²) < 4.78 is 26.4. The zero-order valence-electron chi connectivity index (χ0n) is 9.78. The van der Waals surface area contributed by atoms with E-state index in [1.165, 1.54) is 6.08 Å². The van der Waals surface area contributed by atoms with Crippen molar-refractivity contribution in [2.24, 2.45) is 0 Å². The van der Waals surface area contributed by atoms with E-state index in [4.69, 9.17) is 0 Å². The van der Waals surface area contributed by atoms with Crippen LogP contribution >= 0.6 is 0 Å². The lowest BCUT2D eigenvalue weighted by Crippen LogP contribution is -2.28. The Morgan fingerprint density at radius 1 is 1.42 bits per heavy atom. The number of amides is 1. The fourth-order valence-corrected chi connectivity index (χ4v) is 1.26. The molecule has 8 heteroatoms. The molecule has 0 heterocycles. The number of nitrogens with one attached hydrogen (secondary N) is 2. The first-order valence-electron chi connectivity index (χ1n) is 5.20. The van der Waals surface area contributed by atoms with Gasteiger partial charge in [0.2, 0.25) is 11.7 Å². The van der Waals surface area contributed by atoms with E-state index in [1.807, 2.05) is 0 Å². The van der Waals surface area contributed by atoms with E-state index in [1.54, 1.807) is 0 Å². The maximum atomic E-state index is 13.3. The largest absolute Gasteiger partial charge is 0.322 e. The number of carbonyl (C=O) groups excluding carboxylic acids is 1. The molecule has 0 bridgehead atoms. The van der Waals surface area contributed by atoms with Crippen molar-refractivity contribution in [1.82, 2.24) is 5.32 Å². The van der Waals surface area contributed by atoms with Crippen LogP contribution in [-0.4, -0.2) is 23.9 Å². The van der Waals surface area contributed by atoms with Gasteiger partial charge in [-0.05, 0) is 0 Å². The number of nitro groups is 1. The number of nitrogens with zero attached hydrogens (tertiary/aromatic N) is 1. The Kier molecular flexibility index (Phi) is 5.07. The summed E-state index contributed by atoms with van der Waals surface area (Å²) in [6, 6.07) is 0.987. The standard InChI is InChI=1S/C11H11F2N3O3/c1-2-3-14-6-11(17)15-9-5-10(16(18)19)8(13)4-7(9)12/h2,4-5,14H,1,3,6H2,(H,15,17). The molecule has 0 aliphatic rings. The van der Waals surface area contributed by atoms with Crippen LogP contribution < -0.4 is 10.6 Å². The zero-order valence-corrected chi connectivity index (χ0v) is 9.78. The molecule has 0 aliphatic carbocycles. The first-order valence-corrected chi connectivity index (χ1v) is 5.20. The van der Waals surface area contributed by atoms with Gasteiger partial charge in [-0.25, -0.2) is 4.39 Å². The van der Waals surface area contributed by atoms with Crippen molar-refractivity contribution in [1.29, 1.82) is 0 Å². The minimum Gasteiger partial charge on any atom is -0.322 e. The van der Waals surface area contributed by atoms with E-state index in [0.29, 0.717) is 18.7 Å². The fraction of sp³-hybridized carbons (Fsp3) is 0.182. The summed E-state index contributed by atoms with van der Waals surface area (Å²) in [5.74, 6) is -2.99. The molecule has 0 saturated carbocycles. The molecule has 0 atom stereocenters. The Labute approximate surface area is 107 Å². The van der Waals surface area contributed by atoms with Crippen LogP contribution in [-0.2, 0) is 4.79 Å². The van der Waals surface area contributed by atoms with Gasteiger partial charge >= 0.3 is 5.69 Å². The van der Waals surface area contributed by atoms with Crippen molar-refractivity contribution >= 4 is 17.3 Å². The van der Waals surface area contributed by atoms with E-state index in [-0.39, 0.29) is 6.54 Å². The molecule has 0 spiro atoms. The molecular formula is C11H11F2N3O3. The third kappa shape index (κ3) is 4.11. The Morgan fingerprint density at radius 2 is 2.11 bits per heavy atom. The smallest absolute Gasteiger partial charge is 0.307 e. The molecule has 0 aliphatic heterocycles. The van der Waals surface area contributed by atoms with Crippen molar-refractivity contribution in [2.75, 3.05) is 18.4 Å². The molecule has 6 nitrogen and oxygen atoms in total. The number of rotatable bonds is 6. The van der Waals surface area contributed by atoms with Crippen molar-refractivity contribution in [3.05, 3.63) is 46.5 Å². The molecule has 0 unspecified atom stereocenters. The molecule has 0 saturated heterocycles. The van der Waals surface area contributed by atoms with Crippen LogP contribution in [0.15, 0.2) is 24.8 Å². The Morgan fingerprint density at radius 3 is 2.68 bits per heavy atom. The van der Waals surface area contributed by atoms with Crippen molar-refractivity contribution < 1.29 is 18.5 Å². The van der Waals surface area contributed by atoms with Gasteiger partial charge in [0.1, 0.15) is 5.82 Å². The molecular weight excluding hydrogens is 260 g/mol. The lowest BCUT2D eigenvalue weighted by molar-refractivity contribution is -0.387. The van der Waals surface area contributed by atoms with Crippen LogP contribution in [0.5, 0.6) is 0 Å². The minimum absolute atomic E-state index is 0.128. The molecule has 19 heavy (non-hydrogen) atoms. The van der Waals surface area contributed by atoms with Crippen LogP contribution in [0, 0.1) is 21.7 Å². The zero-order chi connectivity index (χ0) is 14.4. The quantitative estimate of drug-likeness (QED) is 0.356. The molecule has 1 rings (SSSR count). The Hall–Kier alpha value is -2.35. The van der Waals surface area contributed by atoms with E-state index in [9.17, 15) is 23.7 Å². The second-order valence-electron chi connectivity index (χ2n) is 3.51. The highest BCUT2D eigenvalue weighted by Crippen LogP contribution is 2.24. The summed E-state index contributed by atoms with van der Waals surface area (Å²) in [7, 11) is 0. The molecule has 0 fully saturated rings. The average Bonchev–Trinajstić information content (AvgIpc) is 2.32. The highest BCUT2D eigenvalue weighted by molar-refractivity contribution is 5.92. The predicted molar refractivity (Wildman–Crippen MR) is 64.7 cm³/mol. The molecule has 0 radical (unpaired) electrons. The third-order valence-corrected chi connectivity index (χ3v) is 2.08. The normalized spacial score (nSPS) is 10.0. The van der Waals surface area contributed by atoms with Crippen LogP contribution in [0.4, 0.5) is 20.2 Å². The van der Waals surface area contributed by atoms with Crippen molar-refractivity contribution in [2.45, 2.75) is 0 Å². The molecule has 102 valence electrons. The summed E-state index contributed by atoms with van der Waals surface area (Å²) in [5, 5.41) is 15.3. The summed E-state index contributed by atoms with van der Waals surface area (Å²) >= 11 is 0. The third-order valence-electron chi connectivity index (χ3n) is 2.08. The highest BCUT2D eigenvalue weighted by atomic mass is 19.1. The summed E-state index contributed by atoms with van der Waals surface area (Å²) in [5.41, 5.74) is -1.35. The second-order valence-corrected chi connectivity index (χ2v) is 3.51. The highest BCUT2D eigenvalue weighted by Gasteiger charge is 2.19. The molecule has 1 amide bonds. The summed E-state index contributed by atoms with van der Waals surface area (Å²) in [4.78, 5) is 20.9. The average molecular weight is 271 g/mol. The fourth-order valence-electron chi connectivity index (χ4n) is 1.26. The molecule has 1 aromatic rings. The monoisotopic (exact) mass is 271 g/mol. The van der Waals surface area contributed by atoms with E-state index >= 15 is 0 Å². The van der Waals surface area contributed by atoms with Gasteiger partial charge in [-0.1, -0.05) is 6.08 Å². The first-order chi connectivity index (χ1) is 8.95. The van der Waals surface area contributed by atoms with E-state index < -0.39 is 33.8 Å². The van der Waals surface area contributed by atoms with Gasteiger partial charge in [-0.3, -0.25) is 14.9 Å². The van der Waals surface area contributed by atoms with Gasteiger partial charge in [0.25, 0.3) is 0 Å². The molecule has 2 N–H and O–H groups in total. The van der Waals surface area contributed by atoms with E-state index in [0.717, 1.165) is 0 Å².